The number of hydrogen-bond acceptors (Lipinski definition) is 0. The van der Waals surface area contributed by atoms with Gasteiger partial charge in [-0.1, -0.05) is 53.2 Å². The predicted octanol–water partition coefficient (Wildman–Crippen LogP) is 6.12. The third kappa shape index (κ3) is 2.56. The molecule has 0 atom stereocenters. The van der Waals surface area contributed by atoms with Crippen molar-refractivity contribution in [3.63, 3.8) is 0 Å². The molecule has 0 aliphatic rings. The monoisotopic (exact) mass is 339 g/mol. The van der Waals surface area contributed by atoms with Crippen LogP contribution < -0.4 is 0 Å². The summed E-state index contributed by atoms with van der Waals surface area (Å²) in [7, 11) is 0. The molecule has 106 valence electrons. The van der Waals surface area contributed by atoms with Crippen LogP contribution in [0.15, 0.2) is 59.1 Å². The Labute approximate surface area is 134 Å². The Kier molecular flexibility index (Phi) is 3.98. The molecule has 0 aliphatic heterocycles. The number of aromatic nitrogens is 1. The number of benzene rings is 2. The first-order valence-electron chi connectivity index (χ1n) is 7.25. The van der Waals surface area contributed by atoms with Crippen LogP contribution in [0.5, 0.6) is 0 Å². The van der Waals surface area contributed by atoms with Crippen molar-refractivity contribution in [1.82, 2.24) is 4.57 Å². The fourth-order valence-corrected chi connectivity index (χ4v) is 3.13. The van der Waals surface area contributed by atoms with E-state index in [1.807, 2.05) is 0 Å². The minimum atomic E-state index is 1.04. The number of nitrogens with zero attached hydrogens (tertiary/aromatic N) is 1. The van der Waals surface area contributed by atoms with E-state index in [0.717, 1.165) is 10.9 Å². The third-order valence-corrected chi connectivity index (χ3v) is 4.25. The molecule has 0 spiro atoms. The van der Waals surface area contributed by atoms with Crippen LogP contribution in [0.4, 0.5) is 0 Å². The maximum absolute atomic E-state index is 3.58. The SMILES string of the molecule is CC/C=C\c1c(C)c2ccccc2n1-c1cccc(Br)c1. The number of hydrogen-bond donors (Lipinski definition) is 0. The van der Waals surface area contributed by atoms with Gasteiger partial charge < -0.3 is 4.57 Å². The van der Waals surface area contributed by atoms with Gasteiger partial charge in [-0.15, -0.1) is 0 Å². The minimum Gasteiger partial charge on any atom is -0.310 e. The van der Waals surface area contributed by atoms with Crippen LogP contribution in [0.2, 0.25) is 0 Å². The summed E-state index contributed by atoms with van der Waals surface area (Å²) >= 11 is 3.58. The molecule has 0 radical (unpaired) electrons. The first-order valence-corrected chi connectivity index (χ1v) is 8.04. The third-order valence-electron chi connectivity index (χ3n) is 3.75. The highest BCUT2D eigenvalue weighted by atomic mass is 79.9. The molecule has 0 amide bonds. The van der Waals surface area contributed by atoms with E-state index >= 15 is 0 Å². The van der Waals surface area contributed by atoms with Crippen LogP contribution in [0.1, 0.15) is 24.6 Å². The Morgan fingerprint density at radius 2 is 1.90 bits per heavy atom. The highest BCUT2D eigenvalue weighted by Crippen LogP contribution is 2.30. The van der Waals surface area contributed by atoms with Gasteiger partial charge in [-0.25, -0.2) is 0 Å². The van der Waals surface area contributed by atoms with Crippen molar-refractivity contribution in [2.45, 2.75) is 20.3 Å². The van der Waals surface area contributed by atoms with E-state index in [-0.39, 0.29) is 0 Å². The summed E-state index contributed by atoms with van der Waals surface area (Å²) in [6, 6.07) is 17.0. The van der Waals surface area contributed by atoms with Crippen LogP contribution >= 0.6 is 15.9 Å². The van der Waals surface area contributed by atoms with E-state index in [1.165, 1.54) is 27.8 Å². The smallest absolute Gasteiger partial charge is 0.0537 e. The molecule has 3 aromatic rings. The van der Waals surface area contributed by atoms with Crippen molar-refractivity contribution in [3.8, 4) is 5.69 Å². The van der Waals surface area contributed by atoms with Crippen molar-refractivity contribution < 1.29 is 0 Å². The van der Waals surface area contributed by atoms with Crippen LogP contribution in [-0.4, -0.2) is 4.57 Å². The molecule has 2 heteroatoms. The second-order valence-corrected chi connectivity index (χ2v) is 6.07. The summed E-state index contributed by atoms with van der Waals surface area (Å²) in [5, 5.41) is 1.31. The maximum atomic E-state index is 3.58. The summed E-state index contributed by atoms with van der Waals surface area (Å²) < 4.78 is 3.43. The second kappa shape index (κ2) is 5.90. The van der Waals surface area contributed by atoms with Gasteiger partial charge >= 0.3 is 0 Å². The van der Waals surface area contributed by atoms with Crippen LogP contribution in [0.3, 0.4) is 0 Å². The molecule has 0 unspecified atom stereocenters. The standard InChI is InChI=1S/C19H18BrN/c1-3-4-11-18-14(2)17-10-5-6-12-19(17)21(18)16-9-7-8-15(20)13-16/h4-13H,3H2,1-2H3/b11-4-. The average molecular weight is 340 g/mol. The molecular weight excluding hydrogens is 322 g/mol. The summed E-state index contributed by atoms with van der Waals surface area (Å²) in [5.74, 6) is 0. The first-order chi connectivity index (χ1) is 10.2. The van der Waals surface area contributed by atoms with E-state index in [4.69, 9.17) is 0 Å². The quantitative estimate of drug-likeness (QED) is 0.541. The van der Waals surface area contributed by atoms with Gasteiger partial charge in [0.1, 0.15) is 0 Å². The molecule has 1 aromatic heterocycles. The van der Waals surface area contributed by atoms with Crippen LogP contribution in [0.25, 0.3) is 22.7 Å². The van der Waals surface area contributed by atoms with E-state index in [2.05, 4.69) is 95.0 Å². The molecule has 1 nitrogen and oxygen atoms in total. The van der Waals surface area contributed by atoms with E-state index in [1.54, 1.807) is 0 Å². The van der Waals surface area contributed by atoms with Crippen molar-refractivity contribution in [1.29, 1.82) is 0 Å². The molecule has 21 heavy (non-hydrogen) atoms. The molecule has 0 saturated carbocycles. The Hall–Kier alpha value is -1.80. The highest BCUT2D eigenvalue weighted by Gasteiger charge is 2.13. The van der Waals surface area contributed by atoms with Gasteiger partial charge in [-0.2, -0.15) is 0 Å². The zero-order valence-corrected chi connectivity index (χ0v) is 13.9. The normalized spacial score (nSPS) is 11.6. The van der Waals surface area contributed by atoms with E-state index in [0.29, 0.717) is 0 Å². The van der Waals surface area contributed by atoms with Gasteiger partial charge in [0.05, 0.1) is 5.52 Å². The lowest BCUT2D eigenvalue weighted by atomic mass is 10.1. The summed E-state index contributed by atoms with van der Waals surface area (Å²) in [5.41, 5.74) is 5.03. The number of halogens is 1. The Bertz CT molecular complexity index is 812. The van der Waals surface area contributed by atoms with Crippen molar-refractivity contribution in [2.75, 3.05) is 0 Å². The van der Waals surface area contributed by atoms with Gasteiger partial charge in [0.2, 0.25) is 0 Å². The lowest BCUT2D eigenvalue weighted by molar-refractivity contribution is 1.09. The second-order valence-electron chi connectivity index (χ2n) is 5.15. The molecule has 0 N–H and O–H groups in total. The number of aryl methyl sites for hydroxylation is 1. The van der Waals surface area contributed by atoms with Crippen molar-refractivity contribution in [3.05, 3.63) is 70.3 Å². The molecule has 0 saturated heterocycles. The maximum Gasteiger partial charge on any atom is 0.0537 e. The van der Waals surface area contributed by atoms with Crippen molar-refractivity contribution in [2.24, 2.45) is 0 Å². The fourth-order valence-electron chi connectivity index (χ4n) is 2.74. The van der Waals surface area contributed by atoms with Gasteiger partial charge in [0.25, 0.3) is 0 Å². The van der Waals surface area contributed by atoms with Gasteiger partial charge in [-0.3, -0.25) is 0 Å². The molecule has 2 aromatic carbocycles. The average Bonchev–Trinajstić information content (AvgIpc) is 2.78. The lowest BCUT2D eigenvalue weighted by Gasteiger charge is -2.09. The van der Waals surface area contributed by atoms with Crippen LogP contribution in [0, 0.1) is 6.92 Å². The number of rotatable bonds is 3. The highest BCUT2D eigenvalue weighted by molar-refractivity contribution is 9.10. The largest absolute Gasteiger partial charge is 0.310 e. The summed E-state index contributed by atoms with van der Waals surface area (Å²) in [4.78, 5) is 0. The van der Waals surface area contributed by atoms with Gasteiger partial charge in [0.15, 0.2) is 0 Å². The molecular formula is C19H18BrN. The zero-order valence-electron chi connectivity index (χ0n) is 12.3. The fraction of sp³-hybridized carbons (Fsp3) is 0.158. The molecule has 1 heterocycles. The molecule has 0 aliphatic carbocycles. The van der Waals surface area contributed by atoms with Gasteiger partial charge in [0, 0.05) is 21.2 Å². The Balaban J connectivity index is 2.36. The van der Waals surface area contributed by atoms with Gasteiger partial charge in [-0.05, 0) is 49.2 Å². The topological polar surface area (TPSA) is 4.93 Å². The number of fused-ring (bicyclic) bond motifs is 1. The summed E-state index contributed by atoms with van der Waals surface area (Å²) in [6.07, 6.45) is 5.49. The van der Waals surface area contributed by atoms with Crippen LogP contribution in [-0.2, 0) is 0 Å². The minimum absolute atomic E-state index is 1.04. The first kappa shape index (κ1) is 14.2. The molecule has 3 rings (SSSR count). The molecule has 0 bridgehead atoms. The summed E-state index contributed by atoms with van der Waals surface area (Å²) in [6.45, 7) is 4.37. The van der Waals surface area contributed by atoms with E-state index in [9.17, 15) is 0 Å². The predicted molar refractivity (Wildman–Crippen MR) is 95.0 cm³/mol. The van der Waals surface area contributed by atoms with E-state index < -0.39 is 0 Å². The number of para-hydroxylation sites is 1. The number of allylic oxidation sites excluding steroid dienone is 1. The van der Waals surface area contributed by atoms with Crippen molar-refractivity contribution >= 4 is 32.9 Å². The zero-order chi connectivity index (χ0) is 14.8. The molecule has 0 fully saturated rings. The Morgan fingerprint density at radius 1 is 1.10 bits per heavy atom. The lowest BCUT2D eigenvalue weighted by Crippen LogP contribution is -1.96. The Morgan fingerprint density at radius 3 is 2.67 bits per heavy atom.